The maximum atomic E-state index is 5.66. The van der Waals surface area contributed by atoms with Gasteiger partial charge in [0.05, 0.1) is 11.2 Å². The first kappa shape index (κ1) is 13.3. The zero-order valence-electron chi connectivity index (χ0n) is 11.6. The lowest BCUT2D eigenvalue weighted by Crippen LogP contribution is -2.18. The second-order valence-corrected chi connectivity index (χ2v) is 5.91. The van der Waals surface area contributed by atoms with E-state index in [1.807, 2.05) is 36.4 Å². The maximum Gasteiger partial charge on any atom is 0.144 e. The average Bonchev–Trinajstić information content (AvgIpc) is 2.53. The van der Waals surface area contributed by atoms with E-state index < -0.39 is 0 Å². The predicted octanol–water partition coefficient (Wildman–Crippen LogP) is 3.94. The lowest BCUT2D eigenvalue weighted by atomic mass is 10.1. The Labute approximate surface area is 135 Å². The Morgan fingerprint density at radius 3 is 3.05 bits per heavy atom. The Hall–Kier alpha value is -2.34. The van der Waals surface area contributed by atoms with E-state index in [9.17, 15) is 0 Å². The summed E-state index contributed by atoms with van der Waals surface area (Å²) in [6, 6.07) is 12.0. The average molecular weight is 357 g/mol. The van der Waals surface area contributed by atoms with Gasteiger partial charge in [0, 0.05) is 28.2 Å². The second-order valence-electron chi connectivity index (χ2n) is 5.00. The summed E-state index contributed by atoms with van der Waals surface area (Å²) in [5, 5.41) is 7.64. The van der Waals surface area contributed by atoms with E-state index in [4.69, 9.17) is 4.74 Å². The minimum Gasteiger partial charge on any atom is -0.490 e. The van der Waals surface area contributed by atoms with Crippen molar-refractivity contribution in [1.29, 1.82) is 0 Å². The van der Waals surface area contributed by atoms with Crippen LogP contribution in [0.5, 0.6) is 5.75 Å². The normalized spacial score (nSPS) is 13.1. The van der Waals surface area contributed by atoms with Crippen molar-refractivity contribution in [3.8, 4) is 5.75 Å². The molecule has 4 rings (SSSR count). The number of nitrogens with one attached hydrogen (secondary N) is 2. The zero-order chi connectivity index (χ0) is 14.9. The highest BCUT2D eigenvalue weighted by molar-refractivity contribution is 9.10. The second kappa shape index (κ2) is 5.46. The molecule has 1 aromatic heterocycles. The Morgan fingerprint density at radius 1 is 1.18 bits per heavy atom. The van der Waals surface area contributed by atoms with Gasteiger partial charge in [0.25, 0.3) is 0 Å². The highest BCUT2D eigenvalue weighted by Gasteiger charge is 2.13. The van der Waals surface area contributed by atoms with Crippen molar-refractivity contribution in [2.24, 2.45) is 0 Å². The van der Waals surface area contributed by atoms with E-state index in [2.05, 4.69) is 36.5 Å². The summed E-state index contributed by atoms with van der Waals surface area (Å²) in [4.78, 5) is 8.72. The third kappa shape index (κ3) is 2.46. The molecule has 6 heteroatoms. The van der Waals surface area contributed by atoms with Crippen LogP contribution in [0.25, 0.3) is 10.9 Å². The van der Waals surface area contributed by atoms with Crippen LogP contribution in [0.4, 0.5) is 17.2 Å². The molecule has 1 aliphatic heterocycles. The van der Waals surface area contributed by atoms with Gasteiger partial charge in [-0.2, -0.15) is 0 Å². The van der Waals surface area contributed by atoms with Gasteiger partial charge in [-0.05, 0) is 24.3 Å². The fraction of sp³-hybridized carbons (Fsp3) is 0.125. The molecule has 0 aliphatic carbocycles. The van der Waals surface area contributed by atoms with Crippen molar-refractivity contribution in [2.75, 3.05) is 23.8 Å². The molecular formula is C16H13BrN4O. The van der Waals surface area contributed by atoms with E-state index in [0.29, 0.717) is 6.61 Å². The van der Waals surface area contributed by atoms with Gasteiger partial charge >= 0.3 is 0 Å². The Balaban J connectivity index is 1.80. The molecule has 0 saturated carbocycles. The van der Waals surface area contributed by atoms with Gasteiger partial charge in [-0.15, -0.1) is 0 Å². The molecule has 0 bridgehead atoms. The molecule has 0 amide bonds. The number of anilines is 3. The van der Waals surface area contributed by atoms with Crippen LogP contribution in [0.3, 0.4) is 0 Å². The third-order valence-electron chi connectivity index (χ3n) is 3.50. The first-order chi connectivity index (χ1) is 10.8. The van der Waals surface area contributed by atoms with Crippen molar-refractivity contribution >= 4 is 44.0 Å². The summed E-state index contributed by atoms with van der Waals surface area (Å²) in [5.74, 6) is 1.61. The summed E-state index contributed by atoms with van der Waals surface area (Å²) in [5.41, 5.74) is 2.80. The van der Waals surface area contributed by atoms with E-state index in [1.54, 1.807) is 6.33 Å². The largest absolute Gasteiger partial charge is 0.490 e. The van der Waals surface area contributed by atoms with E-state index in [-0.39, 0.29) is 0 Å². The molecule has 0 saturated heterocycles. The summed E-state index contributed by atoms with van der Waals surface area (Å²) >= 11 is 3.48. The van der Waals surface area contributed by atoms with Crippen LogP contribution in [0, 0.1) is 0 Å². The number of halogens is 1. The highest BCUT2D eigenvalue weighted by Crippen LogP contribution is 2.34. The first-order valence-corrected chi connectivity index (χ1v) is 7.77. The van der Waals surface area contributed by atoms with Gasteiger partial charge in [-0.1, -0.05) is 22.0 Å². The summed E-state index contributed by atoms with van der Waals surface area (Å²) in [6.07, 6.45) is 1.56. The van der Waals surface area contributed by atoms with Crippen molar-refractivity contribution in [1.82, 2.24) is 9.97 Å². The third-order valence-corrected chi connectivity index (χ3v) is 3.99. The number of hydrogen-bond donors (Lipinski definition) is 2. The van der Waals surface area contributed by atoms with Gasteiger partial charge in [-0.25, -0.2) is 9.97 Å². The van der Waals surface area contributed by atoms with E-state index in [1.165, 1.54) is 0 Å². The summed E-state index contributed by atoms with van der Waals surface area (Å²) < 4.78 is 6.67. The molecule has 0 spiro atoms. The van der Waals surface area contributed by atoms with Crippen LogP contribution in [0.2, 0.25) is 0 Å². The molecule has 110 valence electrons. The van der Waals surface area contributed by atoms with Crippen LogP contribution in [0.15, 0.2) is 47.2 Å². The van der Waals surface area contributed by atoms with Gasteiger partial charge in [0.1, 0.15) is 24.5 Å². The molecule has 0 unspecified atom stereocenters. The van der Waals surface area contributed by atoms with Crippen molar-refractivity contribution in [3.63, 3.8) is 0 Å². The van der Waals surface area contributed by atoms with Crippen molar-refractivity contribution in [3.05, 3.63) is 47.2 Å². The number of aromatic nitrogens is 2. The molecule has 2 N–H and O–H groups in total. The summed E-state index contributed by atoms with van der Waals surface area (Å²) in [6.45, 7) is 1.48. The van der Waals surface area contributed by atoms with Crippen molar-refractivity contribution in [2.45, 2.75) is 0 Å². The fourth-order valence-corrected chi connectivity index (χ4v) is 2.89. The first-order valence-electron chi connectivity index (χ1n) is 6.98. The minimum absolute atomic E-state index is 0.673. The molecule has 5 nitrogen and oxygen atoms in total. The van der Waals surface area contributed by atoms with Gasteiger partial charge in [0.2, 0.25) is 0 Å². The molecule has 22 heavy (non-hydrogen) atoms. The van der Waals surface area contributed by atoms with E-state index >= 15 is 0 Å². The lowest BCUT2D eigenvalue weighted by Gasteiger charge is -2.20. The number of hydrogen-bond acceptors (Lipinski definition) is 5. The number of ether oxygens (including phenoxy) is 1. The fourth-order valence-electron chi connectivity index (χ4n) is 2.49. The minimum atomic E-state index is 0.673. The highest BCUT2D eigenvalue weighted by atomic mass is 79.9. The van der Waals surface area contributed by atoms with Crippen LogP contribution in [-0.2, 0) is 0 Å². The van der Waals surface area contributed by atoms with Gasteiger partial charge in [-0.3, -0.25) is 0 Å². The topological polar surface area (TPSA) is 59.1 Å². The molecule has 3 aromatic rings. The lowest BCUT2D eigenvalue weighted by molar-refractivity contribution is 0.324. The van der Waals surface area contributed by atoms with E-state index in [0.717, 1.165) is 44.9 Å². The Bertz CT molecular complexity index is 853. The predicted molar refractivity (Wildman–Crippen MR) is 90.9 cm³/mol. The monoisotopic (exact) mass is 356 g/mol. The van der Waals surface area contributed by atoms with Crippen LogP contribution in [-0.4, -0.2) is 23.1 Å². The van der Waals surface area contributed by atoms with Crippen LogP contribution < -0.4 is 15.4 Å². The molecule has 2 heterocycles. The molecule has 1 aliphatic rings. The molecular weight excluding hydrogens is 344 g/mol. The van der Waals surface area contributed by atoms with Crippen LogP contribution in [0.1, 0.15) is 0 Å². The van der Waals surface area contributed by atoms with Crippen LogP contribution >= 0.6 is 15.9 Å². The number of benzene rings is 2. The Kier molecular flexibility index (Phi) is 3.31. The SMILES string of the molecule is Brc1cccc(Nc2ncnc3cc4c(cc23)NCCO4)c1. The quantitative estimate of drug-likeness (QED) is 0.728. The Morgan fingerprint density at radius 2 is 2.14 bits per heavy atom. The molecule has 2 aromatic carbocycles. The standard InChI is InChI=1S/C16H13BrN4O/c17-10-2-1-3-11(6-10)21-16-12-7-14-15(22-5-4-18-14)8-13(12)19-9-20-16/h1-3,6-9,18H,4-5H2,(H,19,20,21). The number of nitrogens with zero attached hydrogens (tertiary/aromatic N) is 2. The maximum absolute atomic E-state index is 5.66. The molecule has 0 fully saturated rings. The number of fused-ring (bicyclic) bond motifs is 2. The number of rotatable bonds is 2. The van der Waals surface area contributed by atoms with Gasteiger partial charge in [0.15, 0.2) is 0 Å². The van der Waals surface area contributed by atoms with Gasteiger partial charge < -0.3 is 15.4 Å². The smallest absolute Gasteiger partial charge is 0.144 e. The summed E-state index contributed by atoms with van der Waals surface area (Å²) in [7, 11) is 0. The molecule has 0 radical (unpaired) electrons. The zero-order valence-corrected chi connectivity index (χ0v) is 13.2. The van der Waals surface area contributed by atoms with Crippen molar-refractivity contribution < 1.29 is 4.74 Å². The molecule has 0 atom stereocenters.